The first-order valence-electron chi connectivity index (χ1n) is 8.40. The van der Waals surface area contributed by atoms with Crippen molar-refractivity contribution in [3.05, 3.63) is 27.2 Å². The van der Waals surface area contributed by atoms with Crippen molar-refractivity contribution in [2.75, 3.05) is 11.4 Å². The monoisotopic (exact) mass is 399 g/mol. The summed E-state index contributed by atoms with van der Waals surface area (Å²) >= 11 is 10.1. The molecule has 0 saturated heterocycles. The molecule has 0 bridgehead atoms. The minimum Gasteiger partial charge on any atom is -0.365 e. The summed E-state index contributed by atoms with van der Waals surface area (Å²) in [5, 5.41) is 0.803. The van der Waals surface area contributed by atoms with Crippen LogP contribution in [0.3, 0.4) is 0 Å². The summed E-state index contributed by atoms with van der Waals surface area (Å²) < 4.78 is 0.978. The van der Waals surface area contributed by atoms with Gasteiger partial charge in [-0.3, -0.25) is 0 Å². The molecule has 1 aliphatic heterocycles. The zero-order valence-corrected chi connectivity index (χ0v) is 18.4. The maximum absolute atomic E-state index is 6.52. The molecular formula is C20H31BrClN. The van der Waals surface area contributed by atoms with Gasteiger partial charge in [-0.15, -0.1) is 0 Å². The molecule has 1 aromatic carbocycles. The molecule has 23 heavy (non-hydrogen) atoms. The fraction of sp³-hybridized carbons (Fsp3) is 0.700. The van der Waals surface area contributed by atoms with Crippen molar-refractivity contribution in [3.8, 4) is 0 Å². The minimum atomic E-state index is 0.0347. The molecule has 1 aromatic rings. The van der Waals surface area contributed by atoms with Crippen molar-refractivity contribution >= 4 is 33.2 Å². The number of benzene rings is 1. The Morgan fingerprint density at radius 1 is 0.957 bits per heavy atom. The molecule has 1 heterocycles. The van der Waals surface area contributed by atoms with E-state index in [2.05, 4.69) is 95.3 Å². The second-order valence-electron chi connectivity index (χ2n) is 9.95. The smallest absolute Gasteiger partial charge is 0.0552 e. The number of halogens is 2. The number of nitrogens with zero attached hydrogens (tertiary/aromatic N) is 1. The van der Waals surface area contributed by atoms with Crippen LogP contribution in [0.2, 0.25) is 5.02 Å². The average molecular weight is 401 g/mol. The van der Waals surface area contributed by atoms with E-state index in [9.17, 15) is 0 Å². The number of hydrogen-bond donors (Lipinski definition) is 0. The lowest BCUT2D eigenvalue weighted by molar-refractivity contribution is 0.0636. The van der Waals surface area contributed by atoms with E-state index in [1.54, 1.807) is 0 Å². The van der Waals surface area contributed by atoms with Gasteiger partial charge in [0.05, 0.1) is 5.02 Å². The Morgan fingerprint density at radius 3 is 1.83 bits per heavy atom. The summed E-state index contributed by atoms with van der Waals surface area (Å²) in [5.41, 5.74) is 3.06. The van der Waals surface area contributed by atoms with Crippen LogP contribution in [0.25, 0.3) is 0 Å². The first kappa shape index (κ1) is 19.1. The molecule has 0 unspecified atom stereocenters. The predicted octanol–water partition coefficient (Wildman–Crippen LogP) is 7.05. The molecule has 3 heteroatoms. The molecule has 130 valence electrons. The Kier molecular flexibility index (Phi) is 4.48. The van der Waals surface area contributed by atoms with Gasteiger partial charge in [-0.25, -0.2) is 0 Å². The Labute approximate surface area is 155 Å². The SMILES string of the molecule is CC(C)(C)N1CC(C(C)(C)C)(C(C)(C)C)c2cc(Cl)c(Br)cc21. The molecule has 0 saturated carbocycles. The highest BCUT2D eigenvalue weighted by molar-refractivity contribution is 9.10. The maximum Gasteiger partial charge on any atom is 0.0552 e. The topological polar surface area (TPSA) is 3.24 Å². The second-order valence-corrected chi connectivity index (χ2v) is 11.2. The minimum absolute atomic E-state index is 0.0347. The molecule has 0 amide bonds. The summed E-state index contributed by atoms with van der Waals surface area (Å²) in [4.78, 5) is 2.56. The molecule has 1 nitrogen and oxygen atoms in total. The molecule has 0 spiro atoms. The van der Waals surface area contributed by atoms with Crippen molar-refractivity contribution in [1.29, 1.82) is 0 Å². The van der Waals surface area contributed by atoms with Gasteiger partial charge in [-0.05, 0) is 65.2 Å². The molecule has 0 N–H and O–H groups in total. The number of fused-ring (bicyclic) bond motifs is 1. The maximum atomic E-state index is 6.52. The van der Waals surface area contributed by atoms with Crippen molar-refractivity contribution in [1.82, 2.24) is 0 Å². The van der Waals surface area contributed by atoms with Crippen LogP contribution < -0.4 is 4.90 Å². The molecule has 0 aliphatic carbocycles. The largest absolute Gasteiger partial charge is 0.365 e. The number of anilines is 1. The van der Waals surface area contributed by atoms with Gasteiger partial charge in [0.1, 0.15) is 0 Å². The first-order valence-corrected chi connectivity index (χ1v) is 9.57. The third kappa shape index (κ3) is 2.84. The van der Waals surface area contributed by atoms with Crippen molar-refractivity contribution in [2.24, 2.45) is 10.8 Å². The van der Waals surface area contributed by atoms with Crippen molar-refractivity contribution in [2.45, 2.75) is 73.3 Å². The zero-order valence-electron chi connectivity index (χ0n) is 16.1. The van der Waals surface area contributed by atoms with Crippen LogP contribution >= 0.6 is 27.5 Å². The van der Waals surface area contributed by atoms with Crippen LogP contribution in [0.5, 0.6) is 0 Å². The van der Waals surface area contributed by atoms with Gasteiger partial charge in [0, 0.05) is 27.7 Å². The summed E-state index contributed by atoms with van der Waals surface area (Å²) in [7, 11) is 0. The predicted molar refractivity (Wildman–Crippen MR) is 107 cm³/mol. The van der Waals surface area contributed by atoms with E-state index in [0.29, 0.717) is 0 Å². The Morgan fingerprint density at radius 2 is 1.43 bits per heavy atom. The van der Waals surface area contributed by atoms with Crippen LogP contribution in [0, 0.1) is 10.8 Å². The van der Waals surface area contributed by atoms with E-state index in [4.69, 9.17) is 11.6 Å². The molecule has 2 rings (SSSR count). The average Bonchev–Trinajstić information content (AvgIpc) is 2.63. The summed E-state index contributed by atoms with van der Waals surface area (Å²) in [6, 6.07) is 4.41. The van der Waals surface area contributed by atoms with Gasteiger partial charge in [-0.2, -0.15) is 0 Å². The van der Waals surface area contributed by atoms with E-state index >= 15 is 0 Å². The van der Waals surface area contributed by atoms with Gasteiger partial charge < -0.3 is 4.90 Å². The lowest BCUT2D eigenvalue weighted by atomic mass is 9.52. The van der Waals surface area contributed by atoms with Crippen LogP contribution in [0.4, 0.5) is 5.69 Å². The van der Waals surface area contributed by atoms with Gasteiger partial charge in [0.15, 0.2) is 0 Å². The zero-order chi connectivity index (χ0) is 18.0. The molecule has 1 aliphatic rings. The van der Waals surface area contributed by atoms with E-state index in [1.807, 2.05) is 0 Å². The van der Waals surface area contributed by atoms with Gasteiger partial charge in [0.25, 0.3) is 0 Å². The fourth-order valence-electron chi connectivity index (χ4n) is 4.51. The first-order chi connectivity index (χ1) is 10.1. The summed E-state index contributed by atoms with van der Waals surface area (Å²) in [6.07, 6.45) is 0. The second kappa shape index (κ2) is 5.39. The number of hydrogen-bond acceptors (Lipinski definition) is 1. The molecular weight excluding hydrogens is 370 g/mol. The van der Waals surface area contributed by atoms with E-state index in [0.717, 1.165) is 16.0 Å². The highest BCUT2D eigenvalue weighted by Crippen LogP contribution is 2.61. The number of rotatable bonds is 0. The molecule has 0 atom stereocenters. The lowest BCUT2D eigenvalue weighted by Crippen LogP contribution is -2.55. The molecule has 0 radical (unpaired) electrons. The van der Waals surface area contributed by atoms with E-state index in [1.165, 1.54) is 11.3 Å². The summed E-state index contributed by atoms with van der Waals surface area (Å²) in [5.74, 6) is 0. The summed E-state index contributed by atoms with van der Waals surface area (Å²) in [6.45, 7) is 22.1. The third-order valence-corrected chi connectivity index (χ3v) is 6.75. The van der Waals surface area contributed by atoms with Crippen LogP contribution in [0.15, 0.2) is 16.6 Å². The van der Waals surface area contributed by atoms with E-state index < -0.39 is 0 Å². The Balaban J connectivity index is 2.87. The van der Waals surface area contributed by atoms with Crippen molar-refractivity contribution in [3.63, 3.8) is 0 Å². The Bertz CT molecular complexity index is 600. The third-order valence-electron chi connectivity index (χ3n) is 5.55. The standard InChI is InChI=1S/C20H31BrClN/c1-17(2,3)20(18(4,5)6)12-23(19(7,8)9)16-11-14(21)15(22)10-13(16)20/h10-11H,12H2,1-9H3. The van der Waals surface area contributed by atoms with Gasteiger partial charge in [-0.1, -0.05) is 53.1 Å². The molecule has 0 fully saturated rings. The highest BCUT2D eigenvalue weighted by Gasteiger charge is 2.58. The highest BCUT2D eigenvalue weighted by atomic mass is 79.9. The van der Waals surface area contributed by atoms with Gasteiger partial charge >= 0.3 is 0 Å². The lowest BCUT2D eigenvalue weighted by Gasteiger charge is -2.53. The fourth-order valence-corrected chi connectivity index (χ4v) is 5.01. The van der Waals surface area contributed by atoms with Crippen LogP contribution in [0.1, 0.15) is 67.9 Å². The normalized spacial score (nSPS) is 18.3. The Hall–Kier alpha value is -0.210. The van der Waals surface area contributed by atoms with Crippen LogP contribution in [-0.4, -0.2) is 12.1 Å². The quantitative estimate of drug-likeness (QED) is 0.451. The van der Waals surface area contributed by atoms with Crippen molar-refractivity contribution < 1.29 is 0 Å². The van der Waals surface area contributed by atoms with E-state index in [-0.39, 0.29) is 21.8 Å². The van der Waals surface area contributed by atoms with Gasteiger partial charge in [0.2, 0.25) is 0 Å². The van der Waals surface area contributed by atoms with Crippen LogP contribution in [-0.2, 0) is 5.41 Å². The molecule has 0 aromatic heterocycles.